The molecular weight excluding hydrogens is 296 g/mol. The van der Waals surface area contributed by atoms with Crippen LogP contribution >= 0.6 is 0 Å². The maximum atomic E-state index is 4.83. The summed E-state index contributed by atoms with van der Waals surface area (Å²) in [7, 11) is 0. The first-order valence-electron chi connectivity index (χ1n) is 8.70. The highest BCUT2D eigenvalue weighted by atomic mass is 15.2. The second kappa shape index (κ2) is 6.65. The number of rotatable bonds is 4. The number of hydrogen-bond acceptors (Lipinski definition) is 4. The van der Waals surface area contributed by atoms with Crippen LogP contribution in [0.5, 0.6) is 0 Å². The van der Waals surface area contributed by atoms with E-state index in [9.17, 15) is 0 Å². The first-order chi connectivity index (χ1) is 11.8. The van der Waals surface area contributed by atoms with Crippen molar-refractivity contribution in [3.05, 3.63) is 54.6 Å². The lowest BCUT2D eigenvalue weighted by molar-refractivity contribution is 0.271. The van der Waals surface area contributed by atoms with E-state index in [1.54, 1.807) is 18.6 Å². The fourth-order valence-electron chi connectivity index (χ4n) is 3.50. The molecule has 0 amide bonds. The molecule has 0 radical (unpaired) electrons. The van der Waals surface area contributed by atoms with Crippen LogP contribution < -0.4 is 0 Å². The largest absolute Gasteiger partial charge is 0.300 e. The van der Waals surface area contributed by atoms with E-state index >= 15 is 0 Å². The van der Waals surface area contributed by atoms with Gasteiger partial charge >= 0.3 is 0 Å². The smallest absolute Gasteiger partial charge is 0.0885 e. The predicted octanol–water partition coefficient (Wildman–Crippen LogP) is 3.72. The Balaban J connectivity index is 1.53. The van der Waals surface area contributed by atoms with Crippen LogP contribution in [0, 0.1) is 0 Å². The van der Waals surface area contributed by atoms with Crippen LogP contribution in [-0.2, 0) is 6.42 Å². The average Bonchev–Trinajstić information content (AvgIpc) is 3.05. The van der Waals surface area contributed by atoms with Crippen LogP contribution in [0.4, 0.5) is 0 Å². The van der Waals surface area contributed by atoms with Gasteiger partial charge in [-0.15, -0.1) is 0 Å². The molecule has 3 heterocycles. The monoisotopic (exact) mass is 318 g/mol. The molecule has 4 rings (SSSR count). The van der Waals surface area contributed by atoms with Gasteiger partial charge in [0.15, 0.2) is 0 Å². The number of likely N-dealkylation sites (tertiary alicyclic amines) is 1. The second-order valence-corrected chi connectivity index (χ2v) is 6.58. The first kappa shape index (κ1) is 15.2. The van der Waals surface area contributed by atoms with Gasteiger partial charge in [0.2, 0.25) is 0 Å². The van der Waals surface area contributed by atoms with Gasteiger partial charge in [0.25, 0.3) is 0 Å². The Morgan fingerprint density at radius 1 is 1.17 bits per heavy atom. The molecule has 1 saturated heterocycles. The van der Waals surface area contributed by atoms with Crippen molar-refractivity contribution in [3.8, 4) is 11.3 Å². The lowest BCUT2D eigenvalue weighted by Crippen LogP contribution is -2.29. The van der Waals surface area contributed by atoms with Crippen molar-refractivity contribution in [2.24, 2.45) is 0 Å². The topological polar surface area (TPSA) is 41.9 Å². The quantitative estimate of drug-likeness (QED) is 0.735. The first-order valence-corrected chi connectivity index (χ1v) is 8.70. The zero-order valence-corrected chi connectivity index (χ0v) is 14.0. The molecule has 0 N–H and O–H groups in total. The molecule has 0 spiro atoms. The lowest BCUT2D eigenvalue weighted by atomic mass is 10.1. The van der Waals surface area contributed by atoms with Gasteiger partial charge in [0.1, 0.15) is 0 Å². The Morgan fingerprint density at radius 2 is 2.12 bits per heavy atom. The number of nitrogens with zero attached hydrogens (tertiary/aromatic N) is 4. The normalized spacial score (nSPS) is 18.3. The molecule has 1 aliphatic heterocycles. The van der Waals surface area contributed by atoms with Crippen molar-refractivity contribution >= 4 is 10.9 Å². The second-order valence-electron chi connectivity index (χ2n) is 6.58. The van der Waals surface area contributed by atoms with E-state index in [1.807, 2.05) is 0 Å². The van der Waals surface area contributed by atoms with Crippen LogP contribution in [0.25, 0.3) is 22.2 Å². The molecule has 0 saturated carbocycles. The number of fused-ring (bicyclic) bond motifs is 1. The van der Waals surface area contributed by atoms with E-state index in [0.717, 1.165) is 41.2 Å². The molecule has 1 unspecified atom stereocenters. The lowest BCUT2D eigenvalue weighted by Gasteiger charge is -2.20. The molecular formula is C20H22N4. The van der Waals surface area contributed by atoms with Gasteiger partial charge in [-0.1, -0.05) is 12.1 Å². The zero-order valence-electron chi connectivity index (χ0n) is 14.0. The number of hydrogen-bond donors (Lipinski definition) is 0. The number of aromatic nitrogens is 3. The zero-order chi connectivity index (χ0) is 16.4. The summed E-state index contributed by atoms with van der Waals surface area (Å²) in [6, 6.07) is 11.3. The van der Waals surface area contributed by atoms with E-state index in [1.165, 1.54) is 25.1 Å². The summed E-state index contributed by atoms with van der Waals surface area (Å²) in [5.74, 6) is 0. The minimum absolute atomic E-state index is 0.722. The van der Waals surface area contributed by atoms with E-state index in [0.29, 0.717) is 0 Å². The predicted molar refractivity (Wildman–Crippen MR) is 96.7 cm³/mol. The Hall–Kier alpha value is -2.33. The minimum atomic E-state index is 0.722. The summed E-state index contributed by atoms with van der Waals surface area (Å²) in [6.45, 7) is 4.67. The molecule has 122 valence electrons. The molecule has 24 heavy (non-hydrogen) atoms. The fraction of sp³-hybridized carbons (Fsp3) is 0.350. The van der Waals surface area contributed by atoms with Gasteiger partial charge in [0.05, 0.1) is 17.4 Å². The standard InChI is InChI=1S/C20H22N4/c1-15-3-2-11-24(15)12-8-18-6-4-16-13-17(5-7-19(16)23-18)20-14-21-9-10-22-20/h4-7,9-10,13-15H,2-3,8,11-12H2,1H3. The van der Waals surface area contributed by atoms with Gasteiger partial charge in [-0.2, -0.15) is 0 Å². The highest BCUT2D eigenvalue weighted by molar-refractivity contribution is 5.83. The van der Waals surface area contributed by atoms with E-state index in [2.05, 4.69) is 52.1 Å². The SMILES string of the molecule is CC1CCCN1CCc1ccc2cc(-c3cnccn3)ccc2n1. The molecule has 4 heteroatoms. The molecule has 1 aliphatic rings. The summed E-state index contributed by atoms with van der Waals surface area (Å²) in [6.07, 6.45) is 8.89. The van der Waals surface area contributed by atoms with Gasteiger partial charge in [-0.05, 0) is 44.5 Å². The molecule has 0 bridgehead atoms. The van der Waals surface area contributed by atoms with Crippen LogP contribution in [0.1, 0.15) is 25.5 Å². The molecule has 1 atom stereocenters. The molecule has 1 aromatic carbocycles. The van der Waals surface area contributed by atoms with Crippen molar-refractivity contribution in [2.75, 3.05) is 13.1 Å². The van der Waals surface area contributed by atoms with Gasteiger partial charge in [-0.3, -0.25) is 15.0 Å². The van der Waals surface area contributed by atoms with E-state index < -0.39 is 0 Å². The van der Waals surface area contributed by atoms with Gasteiger partial charge in [0, 0.05) is 48.0 Å². The van der Waals surface area contributed by atoms with Crippen molar-refractivity contribution in [1.82, 2.24) is 19.9 Å². The number of benzene rings is 1. The maximum absolute atomic E-state index is 4.83. The van der Waals surface area contributed by atoms with Crippen LogP contribution in [0.3, 0.4) is 0 Å². The summed E-state index contributed by atoms with van der Waals surface area (Å²) in [5.41, 5.74) is 4.20. The maximum Gasteiger partial charge on any atom is 0.0885 e. The summed E-state index contributed by atoms with van der Waals surface area (Å²) in [4.78, 5) is 15.9. The van der Waals surface area contributed by atoms with E-state index in [4.69, 9.17) is 4.98 Å². The molecule has 4 nitrogen and oxygen atoms in total. The third-order valence-electron chi connectivity index (χ3n) is 4.95. The summed E-state index contributed by atoms with van der Waals surface area (Å²) < 4.78 is 0. The van der Waals surface area contributed by atoms with Crippen molar-refractivity contribution < 1.29 is 0 Å². The number of pyridine rings is 1. The highest BCUT2D eigenvalue weighted by Crippen LogP contribution is 2.22. The Kier molecular flexibility index (Phi) is 4.22. The average molecular weight is 318 g/mol. The Labute approximate surface area is 142 Å². The molecule has 3 aromatic rings. The van der Waals surface area contributed by atoms with Gasteiger partial charge in [-0.25, -0.2) is 0 Å². The third-order valence-corrected chi connectivity index (χ3v) is 4.95. The van der Waals surface area contributed by atoms with Gasteiger partial charge < -0.3 is 4.90 Å². The van der Waals surface area contributed by atoms with Crippen molar-refractivity contribution in [1.29, 1.82) is 0 Å². The van der Waals surface area contributed by atoms with Crippen molar-refractivity contribution in [3.63, 3.8) is 0 Å². The fourth-order valence-corrected chi connectivity index (χ4v) is 3.50. The molecule has 1 fully saturated rings. The van der Waals surface area contributed by atoms with Crippen LogP contribution in [-0.4, -0.2) is 39.0 Å². The summed E-state index contributed by atoms with van der Waals surface area (Å²) in [5, 5.41) is 1.15. The van der Waals surface area contributed by atoms with Crippen molar-refractivity contribution in [2.45, 2.75) is 32.2 Å². The summed E-state index contributed by atoms with van der Waals surface area (Å²) >= 11 is 0. The Bertz CT molecular complexity index is 831. The third kappa shape index (κ3) is 3.15. The highest BCUT2D eigenvalue weighted by Gasteiger charge is 2.19. The van der Waals surface area contributed by atoms with Crippen LogP contribution in [0.15, 0.2) is 48.9 Å². The van der Waals surface area contributed by atoms with Crippen LogP contribution in [0.2, 0.25) is 0 Å². The Morgan fingerprint density at radius 3 is 2.92 bits per heavy atom. The molecule has 0 aliphatic carbocycles. The van der Waals surface area contributed by atoms with E-state index in [-0.39, 0.29) is 0 Å². The minimum Gasteiger partial charge on any atom is -0.300 e. The molecule has 2 aromatic heterocycles.